The third-order valence-electron chi connectivity index (χ3n) is 3.94. The maximum Gasteiger partial charge on any atom is 0.273 e. The molecule has 1 heterocycles. The van der Waals surface area contributed by atoms with Gasteiger partial charge in [0.05, 0.1) is 4.92 Å². The number of rotatable bonds is 5. The molecule has 8 heteroatoms. The number of nitrogens with zero attached hydrogens (tertiary/aromatic N) is 3. The maximum absolute atomic E-state index is 12.5. The quantitative estimate of drug-likeness (QED) is 0.524. The van der Waals surface area contributed by atoms with E-state index >= 15 is 0 Å². The Labute approximate surface area is 155 Å². The van der Waals surface area contributed by atoms with Crippen molar-refractivity contribution < 1.29 is 9.72 Å². The third kappa shape index (κ3) is 4.24. The largest absolute Gasteiger partial charge is 0.340 e. The highest BCUT2D eigenvalue weighted by atomic mass is 16.6. The number of hydrogen-bond acceptors (Lipinski definition) is 6. The van der Waals surface area contributed by atoms with E-state index in [0.29, 0.717) is 17.1 Å². The van der Waals surface area contributed by atoms with Crippen LogP contribution in [-0.4, -0.2) is 20.8 Å². The van der Waals surface area contributed by atoms with Crippen molar-refractivity contribution in [2.24, 2.45) is 0 Å². The standard InChI is InChI=1S/C19H17N5O3/c1-12-9-18(21-11-20-12)22-14-5-3-6-15(10-14)23-19(25)16-7-4-8-17(13(16)2)24(26)27/h3-11H,1-2H3,(H,23,25)(H,20,21,22). The zero-order chi connectivity index (χ0) is 19.4. The summed E-state index contributed by atoms with van der Waals surface area (Å²) in [7, 11) is 0. The predicted octanol–water partition coefficient (Wildman–Crippen LogP) is 4.00. The fraction of sp³-hybridized carbons (Fsp3) is 0.105. The van der Waals surface area contributed by atoms with E-state index < -0.39 is 10.8 Å². The Morgan fingerprint density at radius 1 is 1.04 bits per heavy atom. The smallest absolute Gasteiger partial charge is 0.273 e. The molecular weight excluding hydrogens is 346 g/mol. The number of aryl methyl sites for hydroxylation is 1. The van der Waals surface area contributed by atoms with Crippen LogP contribution in [0, 0.1) is 24.0 Å². The molecule has 8 nitrogen and oxygen atoms in total. The van der Waals surface area contributed by atoms with E-state index in [0.717, 1.165) is 11.4 Å². The molecule has 2 N–H and O–H groups in total. The van der Waals surface area contributed by atoms with Gasteiger partial charge in [0, 0.05) is 40.3 Å². The molecule has 136 valence electrons. The molecular formula is C19H17N5O3. The fourth-order valence-corrected chi connectivity index (χ4v) is 2.61. The molecule has 1 amide bonds. The van der Waals surface area contributed by atoms with E-state index in [-0.39, 0.29) is 11.3 Å². The van der Waals surface area contributed by atoms with Gasteiger partial charge in [-0.25, -0.2) is 9.97 Å². The lowest BCUT2D eigenvalue weighted by molar-refractivity contribution is -0.385. The normalized spacial score (nSPS) is 10.3. The van der Waals surface area contributed by atoms with E-state index in [1.807, 2.05) is 13.0 Å². The molecule has 0 bridgehead atoms. The molecule has 2 aromatic carbocycles. The Balaban J connectivity index is 1.79. The van der Waals surface area contributed by atoms with E-state index in [9.17, 15) is 14.9 Å². The first-order chi connectivity index (χ1) is 12.9. The van der Waals surface area contributed by atoms with Gasteiger partial charge in [-0.1, -0.05) is 12.1 Å². The number of nitrogens with one attached hydrogen (secondary N) is 2. The number of hydrogen-bond donors (Lipinski definition) is 2. The van der Waals surface area contributed by atoms with Gasteiger partial charge in [0.1, 0.15) is 12.1 Å². The molecule has 0 saturated carbocycles. The van der Waals surface area contributed by atoms with Crippen LogP contribution >= 0.6 is 0 Å². The molecule has 0 aliphatic carbocycles. The molecule has 1 aromatic heterocycles. The van der Waals surface area contributed by atoms with Gasteiger partial charge in [0.15, 0.2) is 0 Å². The lowest BCUT2D eigenvalue weighted by atomic mass is 10.1. The van der Waals surface area contributed by atoms with Crippen molar-refractivity contribution in [1.82, 2.24) is 9.97 Å². The van der Waals surface area contributed by atoms with Gasteiger partial charge in [0.2, 0.25) is 0 Å². The number of carbonyl (C=O) groups excluding carboxylic acids is 1. The summed E-state index contributed by atoms with van der Waals surface area (Å²) in [5.41, 5.74) is 2.62. The SMILES string of the molecule is Cc1cc(Nc2cccc(NC(=O)c3cccc([N+](=O)[O-])c3C)c2)ncn1. The van der Waals surface area contributed by atoms with E-state index in [1.54, 1.807) is 37.3 Å². The lowest BCUT2D eigenvalue weighted by Crippen LogP contribution is -2.14. The molecule has 0 unspecified atom stereocenters. The minimum absolute atomic E-state index is 0.0859. The Morgan fingerprint density at radius 3 is 2.52 bits per heavy atom. The molecule has 3 aromatic rings. The summed E-state index contributed by atoms with van der Waals surface area (Å²) in [6.07, 6.45) is 1.47. The molecule has 0 aliphatic rings. The van der Waals surface area contributed by atoms with Crippen LogP contribution in [0.15, 0.2) is 54.9 Å². The minimum Gasteiger partial charge on any atom is -0.340 e. The average Bonchev–Trinajstić information content (AvgIpc) is 2.62. The Morgan fingerprint density at radius 2 is 1.78 bits per heavy atom. The zero-order valence-corrected chi connectivity index (χ0v) is 14.8. The van der Waals surface area contributed by atoms with Crippen molar-refractivity contribution in [3.8, 4) is 0 Å². The molecule has 27 heavy (non-hydrogen) atoms. The summed E-state index contributed by atoms with van der Waals surface area (Å²) < 4.78 is 0. The molecule has 3 rings (SSSR count). The van der Waals surface area contributed by atoms with E-state index in [1.165, 1.54) is 18.5 Å². The number of benzene rings is 2. The maximum atomic E-state index is 12.5. The van der Waals surface area contributed by atoms with Crippen LogP contribution in [-0.2, 0) is 0 Å². The van der Waals surface area contributed by atoms with Gasteiger partial charge in [-0.05, 0) is 38.1 Å². The number of amides is 1. The average molecular weight is 363 g/mol. The number of carbonyl (C=O) groups is 1. The first-order valence-corrected chi connectivity index (χ1v) is 8.15. The van der Waals surface area contributed by atoms with Crippen LogP contribution < -0.4 is 10.6 Å². The molecule has 0 radical (unpaired) electrons. The third-order valence-corrected chi connectivity index (χ3v) is 3.94. The second kappa shape index (κ2) is 7.61. The highest BCUT2D eigenvalue weighted by Crippen LogP contribution is 2.23. The zero-order valence-electron chi connectivity index (χ0n) is 14.8. The topological polar surface area (TPSA) is 110 Å². The van der Waals surface area contributed by atoms with Gasteiger partial charge < -0.3 is 10.6 Å². The van der Waals surface area contributed by atoms with Crippen molar-refractivity contribution >= 4 is 28.8 Å². The second-order valence-corrected chi connectivity index (χ2v) is 5.91. The summed E-state index contributed by atoms with van der Waals surface area (Å²) in [5, 5.41) is 17.0. The van der Waals surface area contributed by atoms with Crippen molar-refractivity contribution in [3.05, 3.63) is 81.8 Å². The molecule has 0 aliphatic heterocycles. The van der Waals surface area contributed by atoms with Gasteiger partial charge in [-0.3, -0.25) is 14.9 Å². The highest BCUT2D eigenvalue weighted by Gasteiger charge is 2.18. The molecule has 0 fully saturated rings. The predicted molar refractivity (Wildman–Crippen MR) is 102 cm³/mol. The van der Waals surface area contributed by atoms with Crippen LogP contribution in [0.2, 0.25) is 0 Å². The van der Waals surface area contributed by atoms with Crippen LogP contribution in [0.5, 0.6) is 0 Å². The summed E-state index contributed by atoms with van der Waals surface area (Å²) in [5.74, 6) is 0.228. The van der Waals surface area contributed by atoms with Gasteiger partial charge in [-0.15, -0.1) is 0 Å². The van der Waals surface area contributed by atoms with Gasteiger partial charge in [0.25, 0.3) is 11.6 Å². The summed E-state index contributed by atoms with van der Waals surface area (Å²) in [6, 6.07) is 13.3. The van der Waals surface area contributed by atoms with Crippen molar-refractivity contribution in [3.63, 3.8) is 0 Å². The Hall–Kier alpha value is -3.81. The second-order valence-electron chi connectivity index (χ2n) is 5.91. The van der Waals surface area contributed by atoms with E-state index in [2.05, 4.69) is 20.6 Å². The summed E-state index contributed by atoms with van der Waals surface area (Å²) in [6.45, 7) is 3.42. The number of anilines is 3. The van der Waals surface area contributed by atoms with Crippen LogP contribution in [0.25, 0.3) is 0 Å². The van der Waals surface area contributed by atoms with Crippen molar-refractivity contribution in [2.45, 2.75) is 13.8 Å². The summed E-state index contributed by atoms with van der Waals surface area (Å²) >= 11 is 0. The minimum atomic E-state index is -0.500. The van der Waals surface area contributed by atoms with Crippen molar-refractivity contribution in [2.75, 3.05) is 10.6 Å². The molecule has 0 spiro atoms. The number of nitro benzene ring substituents is 1. The first-order valence-electron chi connectivity index (χ1n) is 8.15. The number of aromatic nitrogens is 2. The molecule has 0 saturated heterocycles. The van der Waals surface area contributed by atoms with Crippen molar-refractivity contribution in [1.29, 1.82) is 0 Å². The number of nitro groups is 1. The van der Waals surface area contributed by atoms with Gasteiger partial charge in [-0.2, -0.15) is 0 Å². The Kier molecular flexibility index (Phi) is 5.07. The Bertz CT molecular complexity index is 1020. The van der Waals surface area contributed by atoms with Crippen LogP contribution in [0.1, 0.15) is 21.6 Å². The monoisotopic (exact) mass is 363 g/mol. The summed E-state index contributed by atoms with van der Waals surface area (Å²) in [4.78, 5) is 31.3. The van der Waals surface area contributed by atoms with Crippen LogP contribution in [0.3, 0.4) is 0 Å². The first kappa shape index (κ1) is 18.0. The highest BCUT2D eigenvalue weighted by molar-refractivity contribution is 6.06. The molecule has 0 atom stereocenters. The lowest BCUT2D eigenvalue weighted by Gasteiger charge is -2.10. The van der Waals surface area contributed by atoms with Gasteiger partial charge >= 0.3 is 0 Å². The van der Waals surface area contributed by atoms with E-state index in [4.69, 9.17) is 0 Å². The fourth-order valence-electron chi connectivity index (χ4n) is 2.61. The van der Waals surface area contributed by atoms with Crippen LogP contribution in [0.4, 0.5) is 22.9 Å².